The van der Waals surface area contributed by atoms with Crippen molar-refractivity contribution in [2.75, 3.05) is 18.5 Å². The Morgan fingerprint density at radius 1 is 1.00 bits per heavy atom. The molecule has 0 aliphatic heterocycles. The van der Waals surface area contributed by atoms with Crippen molar-refractivity contribution in [2.45, 2.75) is 19.9 Å². The first kappa shape index (κ1) is 22.2. The van der Waals surface area contributed by atoms with Crippen molar-refractivity contribution in [1.29, 1.82) is 0 Å². The standard InChI is InChI=1S/C24H24Cl2N2O2/c1-17-5-9-21(10-6-17)28-24(29)16-30-22-4-2-3-18(13-22)15-27-12-11-19-7-8-20(25)14-23(19)26/h2-10,13-14,27H,11-12,15-16H2,1H3,(H,28,29). The maximum absolute atomic E-state index is 12.1. The molecule has 3 aromatic carbocycles. The van der Waals surface area contributed by atoms with Gasteiger partial charge in [0.05, 0.1) is 0 Å². The number of nitrogens with one attached hydrogen (secondary N) is 2. The van der Waals surface area contributed by atoms with Crippen LogP contribution in [-0.2, 0) is 17.8 Å². The lowest BCUT2D eigenvalue weighted by atomic mass is 10.1. The van der Waals surface area contributed by atoms with E-state index in [1.54, 1.807) is 6.07 Å². The van der Waals surface area contributed by atoms with Crippen LogP contribution in [0.1, 0.15) is 16.7 Å². The molecule has 0 saturated carbocycles. The Kier molecular flexibility index (Phi) is 8.14. The van der Waals surface area contributed by atoms with E-state index in [1.807, 2.05) is 67.6 Å². The summed E-state index contributed by atoms with van der Waals surface area (Å²) in [6, 6.07) is 20.9. The van der Waals surface area contributed by atoms with Crippen LogP contribution in [0.25, 0.3) is 0 Å². The largest absolute Gasteiger partial charge is 0.484 e. The predicted octanol–water partition coefficient (Wildman–Crippen LogP) is 5.65. The van der Waals surface area contributed by atoms with Gasteiger partial charge in [0.2, 0.25) is 0 Å². The van der Waals surface area contributed by atoms with Gasteiger partial charge in [-0.15, -0.1) is 0 Å². The SMILES string of the molecule is Cc1ccc(NC(=O)COc2cccc(CNCCc3ccc(Cl)cc3Cl)c2)cc1. The van der Waals surface area contributed by atoms with Gasteiger partial charge in [0.1, 0.15) is 5.75 Å². The Morgan fingerprint density at radius 2 is 1.80 bits per heavy atom. The number of amides is 1. The molecule has 0 atom stereocenters. The number of anilines is 1. The molecule has 30 heavy (non-hydrogen) atoms. The van der Waals surface area contributed by atoms with Crippen LogP contribution in [0.4, 0.5) is 5.69 Å². The molecular formula is C24H24Cl2N2O2. The Hall–Kier alpha value is -2.53. The van der Waals surface area contributed by atoms with Crippen molar-refractivity contribution < 1.29 is 9.53 Å². The fourth-order valence-electron chi connectivity index (χ4n) is 2.91. The van der Waals surface area contributed by atoms with E-state index in [0.29, 0.717) is 22.3 Å². The highest BCUT2D eigenvalue weighted by atomic mass is 35.5. The van der Waals surface area contributed by atoms with Gasteiger partial charge in [0, 0.05) is 22.3 Å². The van der Waals surface area contributed by atoms with Gasteiger partial charge in [-0.2, -0.15) is 0 Å². The summed E-state index contributed by atoms with van der Waals surface area (Å²) in [6.07, 6.45) is 0.811. The molecule has 0 heterocycles. The molecule has 3 rings (SSSR count). The van der Waals surface area contributed by atoms with E-state index in [4.69, 9.17) is 27.9 Å². The lowest BCUT2D eigenvalue weighted by Gasteiger charge is -2.10. The van der Waals surface area contributed by atoms with Gasteiger partial charge >= 0.3 is 0 Å². The van der Waals surface area contributed by atoms with Gasteiger partial charge in [-0.1, -0.05) is 59.1 Å². The summed E-state index contributed by atoms with van der Waals surface area (Å²) in [5.41, 5.74) is 4.04. The molecule has 0 spiro atoms. The van der Waals surface area contributed by atoms with Crippen LogP contribution in [0.2, 0.25) is 10.0 Å². The minimum Gasteiger partial charge on any atom is -0.484 e. The van der Waals surface area contributed by atoms with Crippen LogP contribution in [0.15, 0.2) is 66.7 Å². The molecule has 0 bridgehead atoms. The molecule has 6 heteroatoms. The molecule has 0 aliphatic rings. The van der Waals surface area contributed by atoms with E-state index in [9.17, 15) is 4.79 Å². The fourth-order valence-corrected chi connectivity index (χ4v) is 3.41. The first-order valence-electron chi connectivity index (χ1n) is 9.72. The second kappa shape index (κ2) is 11.0. The molecule has 2 N–H and O–H groups in total. The molecule has 0 unspecified atom stereocenters. The normalized spacial score (nSPS) is 10.6. The van der Waals surface area contributed by atoms with Crippen LogP contribution in [0, 0.1) is 6.92 Å². The van der Waals surface area contributed by atoms with Gasteiger partial charge < -0.3 is 15.4 Å². The molecule has 0 aromatic heterocycles. The Balaban J connectivity index is 1.42. The lowest BCUT2D eigenvalue weighted by molar-refractivity contribution is -0.118. The lowest BCUT2D eigenvalue weighted by Crippen LogP contribution is -2.20. The van der Waals surface area contributed by atoms with Gasteiger partial charge in [0.15, 0.2) is 6.61 Å². The smallest absolute Gasteiger partial charge is 0.262 e. The zero-order chi connectivity index (χ0) is 21.3. The van der Waals surface area contributed by atoms with E-state index in [2.05, 4.69) is 10.6 Å². The summed E-state index contributed by atoms with van der Waals surface area (Å²) in [4.78, 5) is 12.1. The second-order valence-corrected chi connectivity index (χ2v) is 7.86. The number of carbonyl (C=O) groups excluding carboxylic acids is 1. The Morgan fingerprint density at radius 3 is 2.57 bits per heavy atom. The van der Waals surface area contributed by atoms with Gasteiger partial charge in [-0.05, 0) is 67.4 Å². The summed E-state index contributed by atoms with van der Waals surface area (Å²) in [7, 11) is 0. The van der Waals surface area contributed by atoms with Crippen LogP contribution < -0.4 is 15.4 Å². The Labute approximate surface area is 187 Å². The summed E-state index contributed by atoms with van der Waals surface area (Å²) in [6.45, 7) is 3.44. The molecule has 0 saturated heterocycles. The summed E-state index contributed by atoms with van der Waals surface area (Å²) in [5.74, 6) is 0.469. The number of aryl methyl sites for hydroxylation is 1. The van der Waals surface area contributed by atoms with Gasteiger partial charge in [-0.25, -0.2) is 0 Å². The predicted molar refractivity (Wildman–Crippen MR) is 124 cm³/mol. The van der Waals surface area contributed by atoms with Crippen molar-refractivity contribution >= 4 is 34.8 Å². The number of carbonyl (C=O) groups is 1. The number of rotatable bonds is 9. The second-order valence-electron chi connectivity index (χ2n) is 7.01. The molecule has 3 aromatic rings. The molecule has 1 amide bonds. The molecule has 156 valence electrons. The van der Waals surface area contributed by atoms with Crippen LogP contribution in [0.5, 0.6) is 5.75 Å². The number of benzene rings is 3. The zero-order valence-corrected chi connectivity index (χ0v) is 18.3. The quantitative estimate of drug-likeness (QED) is 0.420. The summed E-state index contributed by atoms with van der Waals surface area (Å²) >= 11 is 12.1. The topological polar surface area (TPSA) is 50.4 Å². The highest BCUT2D eigenvalue weighted by Gasteiger charge is 2.05. The third-order valence-electron chi connectivity index (χ3n) is 4.52. The van der Waals surface area contributed by atoms with E-state index >= 15 is 0 Å². The van der Waals surface area contributed by atoms with Crippen LogP contribution in [0.3, 0.4) is 0 Å². The molecule has 0 fully saturated rings. The number of hydrogen-bond donors (Lipinski definition) is 2. The number of hydrogen-bond acceptors (Lipinski definition) is 3. The van der Waals surface area contributed by atoms with Crippen molar-refractivity contribution in [1.82, 2.24) is 5.32 Å². The highest BCUT2D eigenvalue weighted by molar-refractivity contribution is 6.35. The van der Waals surface area contributed by atoms with E-state index in [1.165, 1.54) is 0 Å². The van der Waals surface area contributed by atoms with Crippen molar-refractivity contribution in [3.8, 4) is 5.75 Å². The summed E-state index contributed by atoms with van der Waals surface area (Å²) < 4.78 is 5.64. The molecule has 0 aliphatic carbocycles. The Bertz CT molecular complexity index is 991. The third-order valence-corrected chi connectivity index (χ3v) is 5.11. The van der Waals surface area contributed by atoms with E-state index in [0.717, 1.165) is 35.3 Å². The zero-order valence-electron chi connectivity index (χ0n) is 16.8. The van der Waals surface area contributed by atoms with Crippen molar-refractivity contribution in [3.63, 3.8) is 0 Å². The maximum Gasteiger partial charge on any atom is 0.262 e. The number of halogens is 2. The van der Waals surface area contributed by atoms with Crippen LogP contribution >= 0.6 is 23.2 Å². The average molecular weight is 443 g/mol. The first-order chi connectivity index (χ1) is 14.5. The molecular weight excluding hydrogens is 419 g/mol. The minimum absolute atomic E-state index is 0.0418. The molecule has 4 nitrogen and oxygen atoms in total. The van der Waals surface area contributed by atoms with Crippen LogP contribution in [-0.4, -0.2) is 19.1 Å². The van der Waals surface area contributed by atoms with Gasteiger partial charge in [-0.3, -0.25) is 4.79 Å². The maximum atomic E-state index is 12.1. The minimum atomic E-state index is -0.192. The fraction of sp³-hybridized carbons (Fsp3) is 0.208. The van der Waals surface area contributed by atoms with Crippen molar-refractivity contribution in [2.24, 2.45) is 0 Å². The monoisotopic (exact) mass is 442 g/mol. The van der Waals surface area contributed by atoms with Gasteiger partial charge in [0.25, 0.3) is 5.91 Å². The third kappa shape index (κ3) is 7.06. The van der Waals surface area contributed by atoms with E-state index in [-0.39, 0.29) is 12.5 Å². The summed E-state index contributed by atoms with van der Waals surface area (Å²) in [5, 5.41) is 7.54. The van der Waals surface area contributed by atoms with Crippen molar-refractivity contribution in [3.05, 3.63) is 93.5 Å². The average Bonchev–Trinajstić information content (AvgIpc) is 2.73. The molecule has 0 radical (unpaired) electrons. The first-order valence-corrected chi connectivity index (χ1v) is 10.5. The van der Waals surface area contributed by atoms with E-state index < -0.39 is 0 Å². The number of ether oxygens (including phenoxy) is 1. The highest BCUT2D eigenvalue weighted by Crippen LogP contribution is 2.21.